The van der Waals surface area contributed by atoms with Gasteiger partial charge in [-0.1, -0.05) is 28.1 Å². The van der Waals surface area contributed by atoms with Gasteiger partial charge < -0.3 is 9.66 Å². The minimum absolute atomic E-state index is 0.0195. The number of hydrogen-bond acceptors (Lipinski definition) is 5. The van der Waals surface area contributed by atoms with Crippen molar-refractivity contribution < 1.29 is 14.5 Å². The number of hydrogen-bond donors (Lipinski definition) is 1. The molecule has 2 aromatic rings. The van der Waals surface area contributed by atoms with Crippen LogP contribution in [0.1, 0.15) is 61.8 Å². The number of Topliss-reactive ketones (excluding diaryl/α,β-unsaturated/α-hetero) is 1. The van der Waals surface area contributed by atoms with E-state index in [2.05, 4.69) is 20.9 Å². The van der Waals surface area contributed by atoms with Crippen LogP contribution >= 0.6 is 15.9 Å². The van der Waals surface area contributed by atoms with E-state index in [0.29, 0.717) is 18.7 Å². The van der Waals surface area contributed by atoms with Gasteiger partial charge in [0.2, 0.25) is 0 Å². The van der Waals surface area contributed by atoms with Crippen molar-refractivity contribution in [3.63, 3.8) is 0 Å². The molecular formula is C21H25BrN2O3S. The van der Waals surface area contributed by atoms with Crippen molar-refractivity contribution >= 4 is 33.1 Å². The van der Waals surface area contributed by atoms with Crippen LogP contribution in [-0.4, -0.2) is 36.1 Å². The first-order chi connectivity index (χ1) is 13.1. The molecule has 0 fully saturated rings. The Bertz CT molecular complexity index is 898. The highest BCUT2D eigenvalue weighted by molar-refractivity contribution is 9.10. The number of aromatic nitrogens is 1. The fourth-order valence-electron chi connectivity index (χ4n) is 3.51. The third kappa shape index (κ3) is 4.19. The van der Waals surface area contributed by atoms with Crippen LogP contribution in [-0.2, 0) is 17.9 Å². The molecule has 28 heavy (non-hydrogen) atoms. The van der Waals surface area contributed by atoms with Gasteiger partial charge in [0.25, 0.3) is 0 Å². The molecule has 7 heteroatoms. The second kappa shape index (κ2) is 8.24. The Morgan fingerprint density at radius 2 is 2.11 bits per heavy atom. The zero-order chi connectivity index (χ0) is 20.6. The average Bonchev–Trinajstić information content (AvgIpc) is 2.98. The molecule has 2 atom stereocenters. The Kier molecular flexibility index (Phi) is 6.32. The maximum Gasteiger partial charge on any atom is 0.178 e. The summed E-state index contributed by atoms with van der Waals surface area (Å²) in [6.45, 7) is 7.77. The molecule has 0 saturated heterocycles. The number of carbonyl (C=O) groups is 1. The SMILES string of the molecule is CC(=O)c1cc2c(c(-c3cccc(Br)c3)n1)[C@@H](CCO)N([S+]([O-])C(C)(C)C)C2. The van der Waals surface area contributed by atoms with Gasteiger partial charge in [0.1, 0.15) is 10.4 Å². The summed E-state index contributed by atoms with van der Waals surface area (Å²) in [7, 11) is 0. The van der Waals surface area contributed by atoms with E-state index >= 15 is 0 Å². The van der Waals surface area contributed by atoms with E-state index in [1.54, 1.807) is 0 Å². The van der Waals surface area contributed by atoms with Gasteiger partial charge in [0.15, 0.2) is 5.78 Å². The number of ketones is 1. The van der Waals surface area contributed by atoms with E-state index < -0.39 is 16.1 Å². The van der Waals surface area contributed by atoms with Gasteiger partial charge in [-0.05, 0) is 51.0 Å². The molecular weight excluding hydrogens is 440 g/mol. The number of carbonyl (C=O) groups excluding carboxylic acids is 1. The van der Waals surface area contributed by atoms with Crippen molar-refractivity contribution in [2.24, 2.45) is 0 Å². The molecule has 0 saturated carbocycles. The normalized spacial score (nSPS) is 18.2. The maximum absolute atomic E-state index is 13.2. The summed E-state index contributed by atoms with van der Waals surface area (Å²) in [5, 5.41) is 9.70. The molecule has 5 nitrogen and oxygen atoms in total. The van der Waals surface area contributed by atoms with Crippen molar-refractivity contribution in [2.45, 2.75) is 51.4 Å². The van der Waals surface area contributed by atoms with Crippen LogP contribution < -0.4 is 0 Å². The number of aliphatic hydroxyl groups excluding tert-OH is 1. The first kappa shape index (κ1) is 21.5. The smallest absolute Gasteiger partial charge is 0.178 e. The Morgan fingerprint density at radius 3 is 2.68 bits per heavy atom. The minimum atomic E-state index is -1.26. The van der Waals surface area contributed by atoms with Gasteiger partial charge in [0.05, 0.1) is 18.3 Å². The van der Waals surface area contributed by atoms with Crippen LogP contribution in [0, 0.1) is 0 Å². The largest absolute Gasteiger partial charge is 0.597 e. The summed E-state index contributed by atoms with van der Waals surface area (Å²) in [6.07, 6.45) is 0.455. The number of rotatable bonds is 5. The first-order valence-corrected chi connectivity index (χ1v) is 11.1. The van der Waals surface area contributed by atoms with Gasteiger partial charge in [-0.25, -0.2) is 4.98 Å². The van der Waals surface area contributed by atoms with Crippen LogP contribution in [0.15, 0.2) is 34.8 Å². The summed E-state index contributed by atoms with van der Waals surface area (Å²) in [5.74, 6) is -0.104. The molecule has 0 spiro atoms. The molecule has 2 heterocycles. The lowest BCUT2D eigenvalue weighted by molar-refractivity contribution is 0.101. The Hall–Kier alpha value is -1.25. The van der Waals surface area contributed by atoms with Crippen LogP contribution in [0.5, 0.6) is 0 Å². The zero-order valence-corrected chi connectivity index (χ0v) is 18.9. The van der Waals surface area contributed by atoms with Crippen LogP contribution in [0.4, 0.5) is 0 Å². The predicted molar refractivity (Wildman–Crippen MR) is 115 cm³/mol. The topological polar surface area (TPSA) is 76.5 Å². The summed E-state index contributed by atoms with van der Waals surface area (Å²) in [6, 6.07) is 9.37. The minimum Gasteiger partial charge on any atom is -0.597 e. The third-order valence-electron chi connectivity index (χ3n) is 4.75. The molecule has 150 valence electrons. The third-order valence-corrected chi connectivity index (χ3v) is 7.10. The number of aliphatic hydroxyl groups is 1. The molecule has 1 aliphatic rings. The van der Waals surface area contributed by atoms with Crippen LogP contribution in [0.3, 0.4) is 0 Å². The van der Waals surface area contributed by atoms with Gasteiger partial charge in [-0.3, -0.25) is 4.79 Å². The zero-order valence-electron chi connectivity index (χ0n) is 16.5. The predicted octanol–water partition coefficient (Wildman–Crippen LogP) is 4.42. The van der Waals surface area contributed by atoms with Gasteiger partial charge in [-0.15, -0.1) is 4.31 Å². The molecule has 3 rings (SSSR count). The Labute approximate surface area is 177 Å². The molecule has 1 aromatic carbocycles. The van der Waals surface area contributed by atoms with E-state index in [4.69, 9.17) is 0 Å². The highest BCUT2D eigenvalue weighted by Gasteiger charge is 2.44. The quantitative estimate of drug-likeness (QED) is 0.523. The fraction of sp³-hybridized carbons (Fsp3) is 0.429. The van der Waals surface area contributed by atoms with Crippen LogP contribution in [0.2, 0.25) is 0 Å². The summed E-state index contributed by atoms with van der Waals surface area (Å²) >= 11 is 2.24. The lowest BCUT2D eigenvalue weighted by Gasteiger charge is -2.33. The van der Waals surface area contributed by atoms with Crippen molar-refractivity contribution in [2.75, 3.05) is 6.61 Å². The molecule has 0 radical (unpaired) electrons. The highest BCUT2D eigenvalue weighted by atomic mass is 79.9. The molecule has 1 aromatic heterocycles. The van der Waals surface area contributed by atoms with Gasteiger partial charge in [0, 0.05) is 40.5 Å². The van der Waals surface area contributed by atoms with Crippen LogP contribution in [0.25, 0.3) is 11.3 Å². The fourth-order valence-corrected chi connectivity index (χ4v) is 5.31. The average molecular weight is 465 g/mol. The molecule has 1 unspecified atom stereocenters. The number of fused-ring (bicyclic) bond motifs is 1. The lowest BCUT2D eigenvalue weighted by atomic mass is 9.95. The molecule has 1 N–H and O–H groups in total. The van der Waals surface area contributed by atoms with Crippen molar-refractivity contribution in [1.82, 2.24) is 9.29 Å². The van der Waals surface area contributed by atoms with Gasteiger partial charge >= 0.3 is 0 Å². The van der Waals surface area contributed by atoms with E-state index in [9.17, 15) is 14.5 Å². The number of nitrogens with zero attached hydrogens (tertiary/aromatic N) is 2. The second-order valence-electron chi connectivity index (χ2n) is 7.96. The van der Waals surface area contributed by atoms with E-state index in [0.717, 1.165) is 26.9 Å². The van der Waals surface area contributed by atoms with Crippen molar-refractivity contribution in [3.8, 4) is 11.3 Å². The van der Waals surface area contributed by atoms with Crippen molar-refractivity contribution in [3.05, 3.63) is 51.6 Å². The molecule has 0 bridgehead atoms. The van der Waals surface area contributed by atoms with Crippen molar-refractivity contribution in [1.29, 1.82) is 0 Å². The Morgan fingerprint density at radius 1 is 1.39 bits per heavy atom. The monoisotopic (exact) mass is 464 g/mol. The summed E-state index contributed by atoms with van der Waals surface area (Å²) < 4.78 is 15.6. The van der Waals surface area contributed by atoms with E-state index in [1.165, 1.54) is 6.92 Å². The number of benzene rings is 1. The first-order valence-electron chi connectivity index (χ1n) is 9.23. The standard InChI is InChI=1S/C21H25BrN2O3S/c1-13(26)17-11-15-12-24(28(27)21(2,3)4)18(8-9-25)19(15)20(23-17)14-6-5-7-16(22)10-14/h5-7,10-11,18,25H,8-9,12H2,1-4H3/t18-,28?/m1/s1. The Balaban J connectivity index is 2.21. The number of halogens is 1. The second-order valence-corrected chi connectivity index (χ2v) is 11.1. The molecule has 0 amide bonds. The van der Waals surface area contributed by atoms with E-state index in [1.807, 2.05) is 55.4 Å². The summed E-state index contributed by atoms with van der Waals surface area (Å²) in [5.41, 5.74) is 3.91. The molecule has 0 aliphatic carbocycles. The molecule has 1 aliphatic heterocycles. The van der Waals surface area contributed by atoms with Gasteiger partial charge in [-0.2, -0.15) is 0 Å². The lowest BCUT2D eigenvalue weighted by Crippen LogP contribution is -2.42. The highest BCUT2D eigenvalue weighted by Crippen LogP contribution is 2.45. The number of pyridine rings is 1. The van der Waals surface area contributed by atoms with E-state index in [-0.39, 0.29) is 18.4 Å². The maximum atomic E-state index is 13.2. The summed E-state index contributed by atoms with van der Waals surface area (Å²) in [4.78, 5) is 16.8.